The molecule has 6 nitrogen and oxygen atoms in total. The lowest BCUT2D eigenvalue weighted by Crippen LogP contribution is -2.37. The number of primary sulfonamides is 1. The molecule has 0 aliphatic carbocycles. The van der Waals surface area contributed by atoms with Crippen LogP contribution in [-0.4, -0.2) is 20.4 Å². The van der Waals surface area contributed by atoms with Crippen LogP contribution in [0.2, 0.25) is 5.02 Å². The van der Waals surface area contributed by atoms with Crippen LogP contribution in [-0.2, 0) is 21.4 Å². The highest BCUT2D eigenvalue weighted by atomic mass is 35.5. The Morgan fingerprint density at radius 3 is 2.44 bits per heavy atom. The van der Waals surface area contributed by atoms with E-state index in [4.69, 9.17) is 16.7 Å². The molecular formula is C16H17ClFN3O3S. The monoisotopic (exact) mass is 385 g/mol. The molecule has 0 aromatic heterocycles. The quantitative estimate of drug-likeness (QED) is 0.709. The summed E-state index contributed by atoms with van der Waals surface area (Å²) in [7, 11) is -3.73. The second-order valence-electron chi connectivity index (χ2n) is 5.40. The van der Waals surface area contributed by atoms with Gasteiger partial charge in [-0.25, -0.2) is 17.9 Å². The molecule has 0 saturated heterocycles. The lowest BCUT2D eigenvalue weighted by atomic mass is 10.2. The van der Waals surface area contributed by atoms with Crippen LogP contribution in [0, 0.1) is 5.82 Å². The Balaban J connectivity index is 1.93. The summed E-state index contributed by atoms with van der Waals surface area (Å²) in [5, 5.41) is 10.7. The molecule has 0 aliphatic heterocycles. The number of benzene rings is 2. The molecule has 1 atom stereocenters. The number of nitrogens with two attached hydrogens (primary N) is 1. The number of carbonyl (C=O) groups excluding carboxylic acids is 1. The molecule has 2 aromatic carbocycles. The van der Waals surface area contributed by atoms with Crippen molar-refractivity contribution in [3.8, 4) is 0 Å². The minimum absolute atomic E-state index is 0.0213. The predicted molar refractivity (Wildman–Crippen MR) is 94.2 cm³/mol. The lowest BCUT2D eigenvalue weighted by molar-refractivity contribution is -0.117. The van der Waals surface area contributed by atoms with Gasteiger partial charge in [-0.15, -0.1) is 0 Å². The average Bonchev–Trinajstić information content (AvgIpc) is 2.54. The normalized spacial score (nSPS) is 12.6. The molecule has 1 amide bonds. The third-order valence-electron chi connectivity index (χ3n) is 3.45. The minimum atomic E-state index is -3.73. The van der Waals surface area contributed by atoms with Crippen molar-refractivity contribution in [1.29, 1.82) is 0 Å². The van der Waals surface area contributed by atoms with Gasteiger partial charge in [-0.05, 0) is 42.8 Å². The number of amides is 1. The third kappa shape index (κ3) is 5.50. The first-order valence-electron chi connectivity index (χ1n) is 7.28. The molecule has 2 aromatic rings. The van der Waals surface area contributed by atoms with Gasteiger partial charge in [0.2, 0.25) is 15.9 Å². The Morgan fingerprint density at radius 1 is 1.24 bits per heavy atom. The van der Waals surface area contributed by atoms with Gasteiger partial charge in [0.1, 0.15) is 5.82 Å². The molecule has 0 heterocycles. The number of halogens is 2. The number of nitrogens with one attached hydrogen (secondary N) is 2. The van der Waals surface area contributed by atoms with E-state index >= 15 is 0 Å². The Bertz CT molecular complexity index is 873. The fraction of sp³-hybridized carbons (Fsp3) is 0.188. The van der Waals surface area contributed by atoms with Crippen molar-refractivity contribution in [2.75, 3.05) is 5.32 Å². The summed E-state index contributed by atoms with van der Waals surface area (Å²) >= 11 is 5.87. The molecule has 0 spiro atoms. The van der Waals surface area contributed by atoms with E-state index in [2.05, 4.69) is 10.6 Å². The summed E-state index contributed by atoms with van der Waals surface area (Å²) in [6, 6.07) is 9.15. The van der Waals surface area contributed by atoms with Gasteiger partial charge in [0.25, 0.3) is 0 Å². The Labute approximate surface area is 150 Å². The van der Waals surface area contributed by atoms with E-state index in [0.717, 1.165) is 11.6 Å². The van der Waals surface area contributed by atoms with Crippen LogP contribution in [0.1, 0.15) is 12.5 Å². The van der Waals surface area contributed by atoms with Crippen molar-refractivity contribution in [3.63, 3.8) is 0 Å². The summed E-state index contributed by atoms with van der Waals surface area (Å²) < 4.78 is 35.4. The van der Waals surface area contributed by atoms with E-state index in [1.165, 1.54) is 24.3 Å². The SMILES string of the molecule is C[C@H](NCc1ccc(S(N)(=O)=O)cc1)C(=O)Nc1ccc(F)cc1Cl. The second kappa shape index (κ2) is 7.92. The van der Waals surface area contributed by atoms with Crippen LogP contribution in [0.25, 0.3) is 0 Å². The molecule has 134 valence electrons. The highest BCUT2D eigenvalue weighted by Gasteiger charge is 2.14. The molecular weight excluding hydrogens is 369 g/mol. The van der Waals surface area contributed by atoms with Gasteiger partial charge in [-0.3, -0.25) is 4.79 Å². The molecule has 0 bridgehead atoms. The number of rotatable bonds is 6. The van der Waals surface area contributed by atoms with Gasteiger partial charge in [0.15, 0.2) is 0 Å². The van der Waals surface area contributed by atoms with Gasteiger partial charge in [0.05, 0.1) is 21.6 Å². The van der Waals surface area contributed by atoms with E-state index in [1.807, 2.05) is 0 Å². The smallest absolute Gasteiger partial charge is 0.241 e. The first-order chi connectivity index (χ1) is 11.7. The van der Waals surface area contributed by atoms with E-state index in [1.54, 1.807) is 19.1 Å². The molecule has 9 heteroatoms. The number of carbonyl (C=O) groups is 1. The van der Waals surface area contributed by atoms with Crippen LogP contribution in [0.15, 0.2) is 47.4 Å². The maximum Gasteiger partial charge on any atom is 0.241 e. The van der Waals surface area contributed by atoms with Gasteiger partial charge < -0.3 is 10.6 Å². The molecule has 25 heavy (non-hydrogen) atoms. The van der Waals surface area contributed by atoms with Crippen LogP contribution >= 0.6 is 11.6 Å². The molecule has 2 rings (SSSR count). The second-order valence-corrected chi connectivity index (χ2v) is 7.37. The van der Waals surface area contributed by atoms with Gasteiger partial charge in [-0.1, -0.05) is 23.7 Å². The maximum absolute atomic E-state index is 13.0. The Hall–Kier alpha value is -2.00. The van der Waals surface area contributed by atoms with Crippen molar-refractivity contribution < 1.29 is 17.6 Å². The lowest BCUT2D eigenvalue weighted by Gasteiger charge is -2.15. The Kier molecular flexibility index (Phi) is 6.12. The largest absolute Gasteiger partial charge is 0.323 e. The first-order valence-corrected chi connectivity index (χ1v) is 9.20. The zero-order valence-corrected chi connectivity index (χ0v) is 14.9. The fourth-order valence-electron chi connectivity index (χ4n) is 1.99. The number of anilines is 1. The van der Waals surface area contributed by atoms with Crippen molar-refractivity contribution in [2.24, 2.45) is 5.14 Å². The topological polar surface area (TPSA) is 101 Å². The molecule has 0 fully saturated rings. The van der Waals surface area contributed by atoms with Gasteiger partial charge in [0, 0.05) is 6.54 Å². The van der Waals surface area contributed by atoms with E-state index in [0.29, 0.717) is 12.2 Å². The summed E-state index contributed by atoms with van der Waals surface area (Å²) in [6.07, 6.45) is 0. The zero-order chi connectivity index (χ0) is 18.6. The van der Waals surface area contributed by atoms with E-state index in [-0.39, 0.29) is 15.8 Å². The standard InChI is InChI=1S/C16H17ClFN3O3S/c1-10(16(22)21-15-7-4-12(18)8-14(15)17)20-9-11-2-5-13(6-3-11)25(19,23)24/h2-8,10,20H,9H2,1H3,(H,21,22)(H2,19,23,24)/t10-/m0/s1. The van der Waals surface area contributed by atoms with Gasteiger partial charge >= 0.3 is 0 Å². The fourth-order valence-corrected chi connectivity index (χ4v) is 2.72. The number of sulfonamides is 1. The zero-order valence-electron chi connectivity index (χ0n) is 13.3. The summed E-state index contributed by atoms with van der Waals surface area (Å²) in [5.41, 5.74) is 1.10. The number of hydrogen-bond acceptors (Lipinski definition) is 4. The highest BCUT2D eigenvalue weighted by Crippen LogP contribution is 2.22. The van der Waals surface area contributed by atoms with Crippen LogP contribution < -0.4 is 15.8 Å². The van der Waals surface area contributed by atoms with Crippen molar-refractivity contribution in [1.82, 2.24) is 5.32 Å². The predicted octanol–water partition coefficient (Wildman–Crippen LogP) is 2.24. The highest BCUT2D eigenvalue weighted by molar-refractivity contribution is 7.89. The summed E-state index contributed by atoms with van der Waals surface area (Å²) in [4.78, 5) is 12.2. The number of hydrogen-bond donors (Lipinski definition) is 3. The van der Waals surface area contributed by atoms with Crippen LogP contribution in [0.3, 0.4) is 0 Å². The minimum Gasteiger partial charge on any atom is -0.323 e. The molecule has 0 aliphatic rings. The summed E-state index contributed by atoms with van der Waals surface area (Å²) in [5.74, 6) is -0.827. The van der Waals surface area contributed by atoms with Crippen LogP contribution in [0.5, 0.6) is 0 Å². The van der Waals surface area contributed by atoms with Crippen molar-refractivity contribution in [3.05, 3.63) is 58.9 Å². The Morgan fingerprint density at radius 2 is 1.88 bits per heavy atom. The first kappa shape index (κ1) is 19.3. The van der Waals surface area contributed by atoms with Gasteiger partial charge in [-0.2, -0.15) is 0 Å². The average molecular weight is 386 g/mol. The molecule has 4 N–H and O–H groups in total. The molecule has 0 unspecified atom stereocenters. The maximum atomic E-state index is 13.0. The third-order valence-corrected chi connectivity index (χ3v) is 4.69. The van der Waals surface area contributed by atoms with E-state index < -0.39 is 21.9 Å². The summed E-state index contributed by atoms with van der Waals surface area (Å²) in [6.45, 7) is 2.00. The van der Waals surface area contributed by atoms with Crippen molar-refractivity contribution >= 4 is 33.2 Å². The molecule has 0 radical (unpaired) electrons. The van der Waals surface area contributed by atoms with E-state index in [9.17, 15) is 17.6 Å². The molecule has 0 saturated carbocycles. The van der Waals surface area contributed by atoms with Crippen molar-refractivity contribution in [2.45, 2.75) is 24.4 Å². The van der Waals surface area contributed by atoms with Crippen LogP contribution in [0.4, 0.5) is 10.1 Å².